The maximum atomic E-state index is 10.5. The molecule has 0 saturated carbocycles. The molecular formula is C23H25NO2. The Morgan fingerprint density at radius 3 is 1.96 bits per heavy atom. The van der Waals surface area contributed by atoms with Crippen LogP contribution in [-0.4, -0.2) is 11.1 Å². The van der Waals surface area contributed by atoms with Crippen LogP contribution in [0.25, 0.3) is 0 Å². The molecule has 3 heteroatoms. The standard InChI is InChI=1S/C23H25NO2/c24-22(16-11-18-7-3-1-4-8-18)23(25)20-12-14-21(15-13-20)26-17-19-9-5-2-6-10-19/h1-10,12-15,22-23,25H,11,16-17,24H2. The summed E-state index contributed by atoms with van der Waals surface area (Å²) >= 11 is 0. The van der Waals surface area contributed by atoms with Gasteiger partial charge in [-0.3, -0.25) is 0 Å². The maximum absolute atomic E-state index is 10.5. The molecule has 0 bridgehead atoms. The van der Waals surface area contributed by atoms with Gasteiger partial charge in [0.2, 0.25) is 0 Å². The van der Waals surface area contributed by atoms with Crippen LogP contribution >= 0.6 is 0 Å². The van der Waals surface area contributed by atoms with Crippen LogP contribution in [0, 0.1) is 0 Å². The molecule has 0 amide bonds. The Bertz CT molecular complexity index is 772. The van der Waals surface area contributed by atoms with Crippen molar-refractivity contribution in [2.24, 2.45) is 5.73 Å². The van der Waals surface area contributed by atoms with E-state index in [1.165, 1.54) is 5.56 Å². The van der Waals surface area contributed by atoms with Crippen LogP contribution in [0.1, 0.15) is 29.2 Å². The van der Waals surface area contributed by atoms with Crippen LogP contribution < -0.4 is 10.5 Å². The number of nitrogens with two attached hydrogens (primary N) is 1. The highest BCUT2D eigenvalue weighted by Gasteiger charge is 2.16. The lowest BCUT2D eigenvalue weighted by Gasteiger charge is -2.19. The SMILES string of the molecule is NC(CCc1ccccc1)C(O)c1ccc(OCc2ccccc2)cc1. The molecule has 0 fully saturated rings. The monoisotopic (exact) mass is 347 g/mol. The molecule has 2 unspecified atom stereocenters. The first-order chi connectivity index (χ1) is 12.7. The van der Waals surface area contributed by atoms with E-state index in [1.54, 1.807) is 0 Å². The Hall–Kier alpha value is -2.62. The Labute approximate surface area is 155 Å². The van der Waals surface area contributed by atoms with Crippen molar-refractivity contribution in [3.63, 3.8) is 0 Å². The van der Waals surface area contributed by atoms with Crippen LogP contribution in [0.2, 0.25) is 0 Å². The molecule has 3 nitrogen and oxygen atoms in total. The number of ether oxygens (including phenoxy) is 1. The fourth-order valence-electron chi connectivity index (χ4n) is 2.89. The van der Waals surface area contributed by atoms with Crippen molar-refractivity contribution in [2.75, 3.05) is 0 Å². The van der Waals surface area contributed by atoms with Gasteiger partial charge in [0.25, 0.3) is 0 Å². The van der Waals surface area contributed by atoms with Crippen molar-refractivity contribution in [3.05, 3.63) is 102 Å². The van der Waals surface area contributed by atoms with Gasteiger partial charge in [-0.05, 0) is 41.7 Å². The highest BCUT2D eigenvalue weighted by molar-refractivity contribution is 5.29. The van der Waals surface area contributed by atoms with Gasteiger partial charge in [-0.1, -0.05) is 72.8 Å². The molecule has 0 aliphatic rings. The third-order valence-electron chi connectivity index (χ3n) is 4.48. The van der Waals surface area contributed by atoms with Crippen molar-refractivity contribution in [3.8, 4) is 5.75 Å². The van der Waals surface area contributed by atoms with Gasteiger partial charge in [-0.15, -0.1) is 0 Å². The Kier molecular flexibility index (Phi) is 6.42. The van der Waals surface area contributed by atoms with E-state index in [4.69, 9.17) is 10.5 Å². The third-order valence-corrected chi connectivity index (χ3v) is 4.48. The number of hydrogen-bond acceptors (Lipinski definition) is 3. The molecule has 3 aromatic carbocycles. The Balaban J connectivity index is 1.51. The summed E-state index contributed by atoms with van der Waals surface area (Å²) in [5.74, 6) is 0.780. The van der Waals surface area contributed by atoms with E-state index in [-0.39, 0.29) is 6.04 Å². The van der Waals surface area contributed by atoms with E-state index in [2.05, 4.69) is 12.1 Å². The van der Waals surface area contributed by atoms with Crippen LogP contribution in [0.3, 0.4) is 0 Å². The summed E-state index contributed by atoms with van der Waals surface area (Å²) in [7, 11) is 0. The Morgan fingerprint density at radius 1 is 0.769 bits per heavy atom. The minimum atomic E-state index is -0.679. The molecule has 3 N–H and O–H groups in total. The molecule has 134 valence electrons. The zero-order chi connectivity index (χ0) is 18.2. The normalized spacial score (nSPS) is 13.2. The van der Waals surface area contributed by atoms with Crippen molar-refractivity contribution in [1.29, 1.82) is 0 Å². The molecule has 0 heterocycles. The average molecular weight is 347 g/mol. The van der Waals surface area contributed by atoms with Gasteiger partial charge in [-0.2, -0.15) is 0 Å². The molecule has 0 saturated heterocycles. The molecule has 3 aromatic rings. The topological polar surface area (TPSA) is 55.5 Å². The van der Waals surface area contributed by atoms with Gasteiger partial charge in [0.15, 0.2) is 0 Å². The van der Waals surface area contributed by atoms with Crippen LogP contribution in [0.5, 0.6) is 5.75 Å². The number of benzene rings is 3. The lowest BCUT2D eigenvalue weighted by Crippen LogP contribution is -2.28. The lowest BCUT2D eigenvalue weighted by molar-refractivity contribution is 0.142. The second-order valence-corrected chi connectivity index (χ2v) is 6.48. The predicted molar refractivity (Wildman–Crippen MR) is 105 cm³/mol. The van der Waals surface area contributed by atoms with E-state index >= 15 is 0 Å². The number of aliphatic hydroxyl groups excluding tert-OH is 1. The largest absolute Gasteiger partial charge is 0.489 e. The van der Waals surface area contributed by atoms with Crippen LogP contribution in [0.15, 0.2) is 84.9 Å². The van der Waals surface area contributed by atoms with Crippen LogP contribution in [0.4, 0.5) is 0 Å². The van der Waals surface area contributed by atoms with Crippen molar-refractivity contribution in [1.82, 2.24) is 0 Å². The quantitative estimate of drug-likeness (QED) is 0.640. The number of aliphatic hydroxyl groups is 1. The first kappa shape index (κ1) is 18.2. The van der Waals surface area contributed by atoms with Gasteiger partial charge in [-0.25, -0.2) is 0 Å². The first-order valence-corrected chi connectivity index (χ1v) is 8.96. The minimum Gasteiger partial charge on any atom is -0.489 e. The predicted octanol–water partition coefficient (Wildman–Crippen LogP) is 4.26. The lowest BCUT2D eigenvalue weighted by atomic mass is 9.97. The second kappa shape index (κ2) is 9.18. The molecular weight excluding hydrogens is 322 g/mol. The second-order valence-electron chi connectivity index (χ2n) is 6.48. The van der Waals surface area contributed by atoms with E-state index < -0.39 is 6.10 Å². The zero-order valence-corrected chi connectivity index (χ0v) is 14.8. The fraction of sp³-hybridized carbons (Fsp3) is 0.217. The summed E-state index contributed by atoms with van der Waals surface area (Å²) in [5.41, 5.74) is 9.37. The maximum Gasteiger partial charge on any atom is 0.119 e. The number of hydrogen-bond donors (Lipinski definition) is 2. The molecule has 0 radical (unpaired) electrons. The molecule has 26 heavy (non-hydrogen) atoms. The average Bonchev–Trinajstić information content (AvgIpc) is 2.72. The van der Waals surface area contributed by atoms with Crippen molar-refractivity contribution < 1.29 is 9.84 Å². The molecule has 0 aliphatic carbocycles. The van der Waals surface area contributed by atoms with E-state index in [1.807, 2.05) is 72.8 Å². The number of aryl methyl sites for hydroxylation is 1. The highest BCUT2D eigenvalue weighted by atomic mass is 16.5. The number of rotatable bonds is 8. The van der Waals surface area contributed by atoms with Gasteiger partial charge < -0.3 is 15.6 Å². The third kappa shape index (κ3) is 5.19. The first-order valence-electron chi connectivity index (χ1n) is 8.96. The summed E-state index contributed by atoms with van der Waals surface area (Å²) < 4.78 is 5.78. The summed E-state index contributed by atoms with van der Waals surface area (Å²) in [6.07, 6.45) is 0.913. The Morgan fingerprint density at radius 2 is 1.35 bits per heavy atom. The van der Waals surface area contributed by atoms with Crippen molar-refractivity contribution >= 4 is 0 Å². The zero-order valence-electron chi connectivity index (χ0n) is 14.8. The molecule has 0 aromatic heterocycles. The molecule has 2 atom stereocenters. The summed E-state index contributed by atoms with van der Waals surface area (Å²) in [4.78, 5) is 0. The van der Waals surface area contributed by atoms with Gasteiger partial charge in [0.05, 0.1) is 6.10 Å². The summed E-state index contributed by atoms with van der Waals surface area (Å²) in [5, 5.41) is 10.5. The summed E-state index contributed by atoms with van der Waals surface area (Å²) in [6.45, 7) is 0.527. The van der Waals surface area contributed by atoms with E-state index in [9.17, 15) is 5.11 Å². The molecule has 0 aliphatic heterocycles. The van der Waals surface area contributed by atoms with E-state index in [0.717, 1.165) is 29.7 Å². The molecule has 3 rings (SSSR count). The van der Waals surface area contributed by atoms with Gasteiger partial charge >= 0.3 is 0 Å². The minimum absolute atomic E-state index is 0.300. The van der Waals surface area contributed by atoms with E-state index in [0.29, 0.717) is 6.61 Å². The van der Waals surface area contributed by atoms with Gasteiger partial charge in [0.1, 0.15) is 12.4 Å². The highest BCUT2D eigenvalue weighted by Crippen LogP contribution is 2.22. The molecule has 0 spiro atoms. The van der Waals surface area contributed by atoms with Gasteiger partial charge in [0, 0.05) is 6.04 Å². The summed E-state index contributed by atoms with van der Waals surface area (Å²) in [6, 6.07) is 27.5. The van der Waals surface area contributed by atoms with Crippen molar-refractivity contribution in [2.45, 2.75) is 31.6 Å². The fourth-order valence-corrected chi connectivity index (χ4v) is 2.89. The van der Waals surface area contributed by atoms with Crippen LogP contribution in [-0.2, 0) is 13.0 Å². The smallest absolute Gasteiger partial charge is 0.119 e.